The van der Waals surface area contributed by atoms with Crippen LogP contribution in [0.15, 0.2) is 30.9 Å². The minimum Gasteiger partial charge on any atom is -0.493 e. The molecular formula is C16H23FO2. The summed E-state index contributed by atoms with van der Waals surface area (Å²) in [6.07, 6.45) is 6.20. The highest BCUT2D eigenvalue weighted by atomic mass is 19.1. The van der Waals surface area contributed by atoms with Crippen LogP contribution in [0.5, 0.6) is 11.5 Å². The third-order valence-corrected chi connectivity index (χ3v) is 2.89. The molecule has 0 saturated carbocycles. The zero-order chi connectivity index (χ0) is 13.9. The lowest BCUT2D eigenvalue weighted by molar-refractivity contribution is 0.283. The van der Waals surface area contributed by atoms with Gasteiger partial charge in [0, 0.05) is 0 Å². The van der Waals surface area contributed by atoms with Gasteiger partial charge in [0.1, 0.15) is 0 Å². The van der Waals surface area contributed by atoms with Gasteiger partial charge in [-0.2, -0.15) is 0 Å². The Morgan fingerprint density at radius 2 is 1.95 bits per heavy atom. The van der Waals surface area contributed by atoms with Gasteiger partial charge < -0.3 is 9.47 Å². The Kier molecular flexibility index (Phi) is 7.71. The first-order valence-corrected chi connectivity index (χ1v) is 6.78. The fraction of sp³-hybridized carbons (Fsp3) is 0.500. The highest BCUT2D eigenvalue weighted by Crippen LogP contribution is 2.28. The molecule has 0 aromatic heterocycles. The first-order valence-electron chi connectivity index (χ1n) is 6.78. The number of methoxy groups -OCH3 is 1. The number of hydrogen-bond donors (Lipinski definition) is 0. The molecule has 0 saturated heterocycles. The first kappa shape index (κ1) is 15.5. The van der Waals surface area contributed by atoms with Crippen LogP contribution in [0.4, 0.5) is 4.39 Å². The largest absolute Gasteiger partial charge is 0.493 e. The van der Waals surface area contributed by atoms with Crippen molar-refractivity contribution in [1.82, 2.24) is 0 Å². The van der Waals surface area contributed by atoms with E-state index in [0.29, 0.717) is 13.0 Å². The molecule has 0 aliphatic heterocycles. The van der Waals surface area contributed by atoms with E-state index in [9.17, 15) is 4.39 Å². The van der Waals surface area contributed by atoms with Gasteiger partial charge in [-0.25, -0.2) is 0 Å². The van der Waals surface area contributed by atoms with Crippen molar-refractivity contribution in [2.24, 2.45) is 0 Å². The highest BCUT2D eigenvalue weighted by Gasteiger charge is 2.05. The quantitative estimate of drug-likeness (QED) is 0.463. The number of rotatable bonds is 10. The maximum absolute atomic E-state index is 11.9. The number of alkyl halides is 1. The number of hydrogen-bond acceptors (Lipinski definition) is 2. The van der Waals surface area contributed by atoms with Crippen LogP contribution in [0.1, 0.15) is 31.2 Å². The summed E-state index contributed by atoms with van der Waals surface area (Å²) < 4.78 is 22.9. The fourth-order valence-corrected chi connectivity index (χ4v) is 1.86. The lowest BCUT2D eigenvalue weighted by Gasteiger charge is -2.11. The van der Waals surface area contributed by atoms with Crippen molar-refractivity contribution < 1.29 is 13.9 Å². The van der Waals surface area contributed by atoms with Crippen molar-refractivity contribution in [1.29, 1.82) is 0 Å². The molecule has 0 heterocycles. The van der Waals surface area contributed by atoms with Crippen molar-refractivity contribution in [2.75, 3.05) is 20.4 Å². The number of halogens is 1. The molecule has 1 aromatic carbocycles. The van der Waals surface area contributed by atoms with Crippen LogP contribution >= 0.6 is 0 Å². The summed E-state index contributed by atoms with van der Waals surface area (Å²) in [4.78, 5) is 0. The van der Waals surface area contributed by atoms with Crippen LogP contribution in [0.2, 0.25) is 0 Å². The third-order valence-electron chi connectivity index (χ3n) is 2.89. The number of allylic oxidation sites excluding steroid dienone is 1. The molecule has 106 valence electrons. The number of ether oxygens (including phenoxy) is 2. The first-order chi connectivity index (χ1) is 9.31. The maximum Gasteiger partial charge on any atom is 0.161 e. The summed E-state index contributed by atoms with van der Waals surface area (Å²) in [5.74, 6) is 1.52. The topological polar surface area (TPSA) is 18.5 Å². The van der Waals surface area contributed by atoms with Gasteiger partial charge in [0.25, 0.3) is 0 Å². The summed E-state index contributed by atoms with van der Waals surface area (Å²) in [6, 6.07) is 5.92. The average Bonchev–Trinajstić information content (AvgIpc) is 2.44. The molecule has 0 amide bonds. The van der Waals surface area contributed by atoms with Gasteiger partial charge in [0.2, 0.25) is 0 Å². The van der Waals surface area contributed by atoms with Gasteiger partial charge >= 0.3 is 0 Å². The van der Waals surface area contributed by atoms with Crippen molar-refractivity contribution in [2.45, 2.75) is 32.1 Å². The van der Waals surface area contributed by atoms with Crippen LogP contribution in [-0.4, -0.2) is 20.4 Å². The Labute approximate surface area is 115 Å². The van der Waals surface area contributed by atoms with E-state index in [1.165, 1.54) is 0 Å². The van der Waals surface area contributed by atoms with E-state index in [1.54, 1.807) is 7.11 Å². The van der Waals surface area contributed by atoms with Gasteiger partial charge in [-0.3, -0.25) is 4.39 Å². The van der Waals surface area contributed by atoms with Gasteiger partial charge in [-0.05, 0) is 43.4 Å². The molecule has 0 atom stereocenters. The Balaban J connectivity index is 2.42. The fourth-order valence-electron chi connectivity index (χ4n) is 1.86. The molecule has 3 heteroatoms. The molecule has 2 nitrogen and oxygen atoms in total. The zero-order valence-corrected chi connectivity index (χ0v) is 11.7. The molecule has 0 N–H and O–H groups in total. The van der Waals surface area contributed by atoms with E-state index >= 15 is 0 Å². The summed E-state index contributed by atoms with van der Waals surface area (Å²) in [7, 11) is 1.64. The Hall–Kier alpha value is -1.51. The van der Waals surface area contributed by atoms with E-state index < -0.39 is 0 Å². The Bertz CT molecular complexity index is 377. The third kappa shape index (κ3) is 5.77. The molecule has 0 aliphatic rings. The lowest BCUT2D eigenvalue weighted by Crippen LogP contribution is -2.00. The average molecular weight is 266 g/mol. The number of unbranched alkanes of at least 4 members (excludes halogenated alkanes) is 3. The van der Waals surface area contributed by atoms with Crippen LogP contribution in [0.3, 0.4) is 0 Å². The van der Waals surface area contributed by atoms with Crippen LogP contribution < -0.4 is 9.47 Å². The molecule has 0 unspecified atom stereocenters. The summed E-state index contributed by atoms with van der Waals surface area (Å²) >= 11 is 0. The van der Waals surface area contributed by atoms with Crippen molar-refractivity contribution in [3.8, 4) is 11.5 Å². The van der Waals surface area contributed by atoms with Crippen molar-refractivity contribution >= 4 is 0 Å². The molecule has 0 bridgehead atoms. The van der Waals surface area contributed by atoms with Gasteiger partial charge in [-0.1, -0.05) is 18.6 Å². The number of benzene rings is 1. The van der Waals surface area contributed by atoms with Gasteiger partial charge in [0.15, 0.2) is 11.5 Å². The van der Waals surface area contributed by atoms with E-state index in [2.05, 4.69) is 6.58 Å². The van der Waals surface area contributed by atoms with Crippen molar-refractivity contribution in [3.05, 3.63) is 36.4 Å². The SMILES string of the molecule is C=CCc1ccc(OCCCCCCF)c(OC)c1. The van der Waals surface area contributed by atoms with Gasteiger partial charge in [0.05, 0.1) is 20.4 Å². The van der Waals surface area contributed by atoms with Crippen molar-refractivity contribution in [3.63, 3.8) is 0 Å². The van der Waals surface area contributed by atoms with Crippen LogP contribution in [0, 0.1) is 0 Å². The minimum atomic E-state index is -0.223. The smallest absolute Gasteiger partial charge is 0.161 e. The molecule has 1 aromatic rings. The van der Waals surface area contributed by atoms with E-state index in [4.69, 9.17) is 9.47 Å². The van der Waals surface area contributed by atoms with Crippen LogP contribution in [-0.2, 0) is 6.42 Å². The summed E-state index contributed by atoms with van der Waals surface area (Å²) in [5.41, 5.74) is 1.15. The second-order valence-electron chi connectivity index (χ2n) is 4.43. The molecular weight excluding hydrogens is 243 g/mol. The molecule has 1 rings (SSSR count). The molecule has 0 aliphatic carbocycles. The predicted octanol–water partition coefficient (Wildman–Crippen LogP) is 4.33. The second kappa shape index (κ2) is 9.42. The lowest BCUT2D eigenvalue weighted by atomic mass is 10.1. The van der Waals surface area contributed by atoms with Gasteiger partial charge in [-0.15, -0.1) is 6.58 Å². The second-order valence-corrected chi connectivity index (χ2v) is 4.43. The van der Waals surface area contributed by atoms with E-state index in [1.807, 2.05) is 24.3 Å². The normalized spacial score (nSPS) is 10.2. The van der Waals surface area contributed by atoms with Crippen LogP contribution in [0.25, 0.3) is 0 Å². The Morgan fingerprint density at radius 1 is 1.16 bits per heavy atom. The molecule has 0 spiro atoms. The standard InChI is InChI=1S/C16H23FO2/c1-3-8-14-9-10-15(16(13-14)18-2)19-12-7-5-4-6-11-17/h3,9-10,13H,1,4-8,11-12H2,2H3. The summed E-state index contributed by atoms with van der Waals surface area (Å²) in [5, 5.41) is 0. The summed E-state index contributed by atoms with van der Waals surface area (Å²) in [6.45, 7) is 4.14. The Morgan fingerprint density at radius 3 is 2.63 bits per heavy atom. The molecule has 19 heavy (non-hydrogen) atoms. The highest BCUT2D eigenvalue weighted by molar-refractivity contribution is 5.43. The van der Waals surface area contributed by atoms with E-state index in [-0.39, 0.29) is 6.67 Å². The monoisotopic (exact) mass is 266 g/mol. The molecule has 0 fully saturated rings. The predicted molar refractivity (Wildman–Crippen MR) is 76.8 cm³/mol. The maximum atomic E-state index is 11.9. The van der Waals surface area contributed by atoms with E-state index in [0.717, 1.165) is 42.7 Å². The molecule has 0 radical (unpaired) electrons. The minimum absolute atomic E-state index is 0.223. The zero-order valence-electron chi connectivity index (χ0n) is 11.7.